The number of alkyl halides is 3. The van der Waals surface area contributed by atoms with Gasteiger partial charge in [0.05, 0.1) is 15.5 Å². The Kier molecular flexibility index (Phi) is 6.58. The summed E-state index contributed by atoms with van der Waals surface area (Å²) >= 11 is 5.40. The van der Waals surface area contributed by atoms with Gasteiger partial charge in [0.1, 0.15) is 6.54 Å². The van der Waals surface area contributed by atoms with Gasteiger partial charge in [0, 0.05) is 7.05 Å². The number of rotatable bonds is 6. The molecule has 0 aliphatic rings. The molecule has 0 radical (unpaired) electrons. The largest absolute Gasteiger partial charge is 0.455 e. The second-order valence-electron chi connectivity index (χ2n) is 4.30. The molecule has 0 saturated heterocycles. The first kappa shape index (κ1) is 20.2. The molecule has 0 unspecified atom stereocenters. The lowest BCUT2D eigenvalue weighted by atomic mass is 10.2. The summed E-state index contributed by atoms with van der Waals surface area (Å²) in [6.45, 7) is -1.47. The molecule has 1 aromatic carbocycles. The van der Waals surface area contributed by atoms with Gasteiger partial charge in [0.2, 0.25) is 10.0 Å². The fourth-order valence-corrected chi connectivity index (χ4v) is 2.61. The second-order valence-corrected chi connectivity index (χ2v) is 6.47. The van der Waals surface area contributed by atoms with Crippen LogP contribution >= 0.6 is 11.6 Å². The predicted octanol–water partition coefficient (Wildman–Crippen LogP) is 0.926. The Labute approximate surface area is 140 Å². The third-order valence-electron chi connectivity index (χ3n) is 2.60. The summed E-state index contributed by atoms with van der Waals surface area (Å²) in [6.07, 6.45) is -4.84. The maximum Gasteiger partial charge on any atom is 0.417 e. The van der Waals surface area contributed by atoms with Gasteiger partial charge in [-0.05, 0) is 18.2 Å². The van der Waals surface area contributed by atoms with Crippen LogP contribution in [0.4, 0.5) is 13.2 Å². The molecule has 0 aromatic heterocycles. The van der Waals surface area contributed by atoms with Gasteiger partial charge in [-0.15, -0.1) is 0 Å². The molecule has 134 valence electrons. The van der Waals surface area contributed by atoms with Gasteiger partial charge in [-0.2, -0.15) is 17.9 Å². The summed E-state index contributed by atoms with van der Waals surface area (Å²) in [6, 6.07) is 1.99. The van der Waals surface area contributed by atoms with Crippen LogP contribution in [0.5, 0.6) is 0 Å². The number of ether oxygens (including phenoxy) is 1. The Balaban J connectivity index is 2.83. The molecule has 0 aliphatic carbocycles. The minimum absolute atomic E-state index is 0.348. The van der Waals surface area contributed by atoms with Crippen molar-refractivity contribution in [3.05, 3.63) is 28.8 Å². The Hall–Kier alpha value is -1.85. The zero-order valence-corrected chi connectivity index (χ0v) is 13.7. The molecular weight excluding hydrogens is 377 g/mol. The normalized spacial score (nSPS) is 11.9. The molecule has 0 fully saturated rings. The van der Waals surface area contributed by atoms with E-state index in [2.05, 4.69) is 10.1 Å². The van der Waals surface area contributed by atoms with Crippen molar-refractivity contribution in [2.24, 2.45) is 0 Å². The van der Waals surface area contributed by atoms with Crippen molar-refractivity contribution in [3.63, 3.8) is 0 Å². The van der Waals surface area contributed by atoms with Gasteiger partial charge in [-0.1, -0.05) is 11.6 Å². The standard InChI is InChI=1S/C12H12ClF3N2O5S/c1-17-10(19)6-23-11(20)5-18-24(21,22)7-2-3-9(13)8(4-7)12(14,15)16/h2-4,18H,5-6H2,1H3,(H,17,19). The fourth-order valence-electron chi connectivity index (χ4n) is 1.40. The van der Waals surface area contributed by atoms with Gasteiger partial charge >= 0.3 is 12.1 Å². The average Bonchev–Trinajstić information content (AvgIpc) is 2.49. The minimum atomic E-state index is -4.84. The first-order valence-electron chi connectivity index (χ1n) is 6.20. The maximum atomic E-state index is 12.7. The van der Waals surface area contributed by atoms with Crippen molar-refractivity contribution in [3.8, 4) is 0 Å². The first-order valence-corrected chi connectivity index (χ1v) is 8.06. The van der Waals surface area contributed by atoms with E-state index in [0.29, 0.717) is 6.07 Å². The molecule has 1 aromatic rings. The highest BCUT2D eigenvalue weighted by molar-refractivity contribution is 7.89. The van der Waals surface area contributed by atoms with E-state index in [1.54, 1.807) is 4.72 Å². The van der Waals surface area contributed by atoms with Crippen LogP contribution in [0.15, 0.2) is 23.1 Å². The Morgan fingerprint density at radius 1 is 1.29 bits per heavy atom. The number of hydrogen-bond donors (Lipinski definition) is 2. The number of benzene rings is 1. The Bertz CT molecular complexity index is 737. The molecule has 0 bridgehead atoms. The lowest BCUT2D eigenvalue weighted by Crippen LogP contribution is -2.33. The zero-order valence-electron chi connectivity index (χ0n) is 12.1. The van der Waals surface area contributed by atoms with Gasteiger partial charge in [0.25, 0.3) is 5.91 Å². The topological polar surface area (TPSA) is 102 Å². The molecule has 0 spiro atoms. The van der Waals surface area contributed by atoms with E-state index < -0.39 is 56.7 Å². The number of likely N-dealkylation sites (N-methyl/N-ethyl adjacent to an activating group) is 1. The van der Waals surface area contributed by atoms with Crippen LogP contribution in [0.3, 0.4) is 0 Å². The highest BCUT2D eigenvalue weighted by Gasteiger charge is 2.34. The van der Waals surface area contributed by atoms with E-state index >= 15 is 0 Å². The van der Waals surface area contributed by atoms with E-state index in [1.807, 2.05) is 0 Å². The Morgan fingerprint density at radius 2 is 1.92 bits per heavy atom. The molecular formula is C12H12ClF3N2O5S. The van der Waals surface area contributed by atoms with Crippen LogP contribution in [0, 0.1) is 0 Å². The van der Waals surface area contributed by atoms with Crippen LogP contribution in [-0.2, 0) is 30.5 Å². The van der Waals surface area contributed by atoms with Gasteiger partial charge in [-0.3, -0.25) is 9.59 Å². The van der Waals surface area contributed by atoms with Gasteiger partial charge in [-0.25, -0.2) is 8.42 Å². The van der Waals surface area contributed by atoms with Crippen molar-refractivity contribution < 1.29 is 35.9 Å². The molecule has 0 atom stereocenters. The van der Waals surface area contributed by atoms with Crippen molar-refractivity contribution in [2.45, 2.75) is 11.1 Å². The summed E-state index contributed by atoms with van der Waals surface area (Å²) in [5.41, 5.74) is -1.32. The summed E-state index contributed by atoms with van der Waals surface area (Å²) in [5, 5.41) is 1.51. The van der Waals surface area contributed by atoms with E-state index in [9.17, 15) is 31.2 Å². The van der Waals surface area contributed by atoms with E-state index in [4.69, 9.17) is 11.6 Å². The minimum Gasteiger partial charge on any atom is -0.455 e. The SMILES string of the molecule is CNC(=O)COC(=O)CNS(=O)(=O)c1ccc(Cl)c(C(F)(F)F)c1. The molecule has 12 heteroatoms. The maximum absolute atomic E-state index is 12.7. The van der Waals surface area contributed by atoms with Crippen molar-refractivity contribution in [1.29, 1.82) is 0 Å². The number of amides is 1. The van der Waals surface area contributed by atoms with Crippen LogP contribution in [0.2, 0.25) is 5.02 Å². The summed E-state index contributed by atoms with van der Waals surface area (Å²) in [5.74, 6) is -1.69. The quantitative estimate of drug-likeness (QED) is 0.706. The summed E-state index contributed by atoms with van der Waals surface area (Å²) in [4.78, 5) is 21.4. The fraction of sp³-hybridized carbons (Fsp3) is 0.333. The van der Waals surface area contributed by atoms with Crippen LogP contribution in [0.25, 0.3) is 0 Å². The Morgan fingerprint density at radius 3 is 2.46 bits per heavy atom. The number of hydrogen-bond acceptors (Lipinski definition) is 5. The second kappa shape index (κ2) is 7.81. The third-order valence-corrected chi connectivity index (χ3v) is 4.33. The molecule has 0 saturated carbocycles. The summed E-state index contributed by atoms with van der Waals surface area (Å²) < 4.78 is 68.2. The van der Waals surface area contributed by atoms with E-state index in [0.717, 1.165) is 12.1 Å². The van der Waals surface area contributed by atoms with Gasteiger partial charge in [0.15, 0.2) is 6.61 Å². The highest BCUT2D eigenvalue weighted by Crippen LogP contribution is 2.35. The zero-order chi connectivity index (χ0) is 18.5. The lowest BCUT2D eigenvalue weighted by Gasteiger charge is -2.12. The number of carbonyl (C=O) groups is 2. The van der Waals surface area contributed by atoms with Gasteiger partial charge < -0.3 is 10.1 Å². The molecule has 1 rings (SSSR count). The molecule has 0 heterocycles. The lowest BCUT2D eigenvalue weighted by molar-refractivity contribution is -0.147. The monoisotopic (exact) mass is 388 g/mol. The predicted molar refractivity (Wildman–Crippen MR) is 76.7 cm³/mol. The molecule has 24 heavy (non-hydrogen) atoms. The number of nitrogens with one attached hydrogen (secondary N) is 2. The number of halogens is 4. The van der Waals surface area contributed by atoms with E-state index in [-0.39, 0.29) is 0 Å². The van der Waals surface area contributed by atoms with Crippen LogP contribution < -0.4 is 10.0 Å². The smallest absolute Gasteiger partial charge is 0.417 e. The first-order chi connectivity index (χ1) is 11.0. The molecule has 7 nitrogen and oxygen atoms in total. The third kappa shape index (κ3) is 5.65. The van der Waals surface area contributed by atoms with Crippen LogP contribution in [-0.4, -0.2) is 40.5 Å². The summed E-state index contributed by atoms with van der Waals surface area (Å²) in [7, 11) is -3.11. The number of sulfonamides is 1. The molecule has 1 amide bonds. The number of esters is 1. The van der Waals surface area contributed by atoms with Crippen LogP contribution in [0.1, 0.15) is 5.56 Å². The van der Waals surface area contributed by atoms with Crippen molar-refractivity contribution in [1.82, 2.24) is 10.0 Å². The average molecular weight is 389 g/mol. The van der Waals surface area contributed by atoms with Crippen molar-refractivity contribution in [2.75, 3.05) is 20.2 Å². The van der Waals surface area contributed by atoms with E-state index in [1.165, 1.54) is 7.05 Å². The molecule has 0 aliphatic heterocycles. The number of carbonyl (C=O) groups excluding carboxylic acids is 2. The highest BCUT2D eigenvalue weighted by atomic mass is 35.5. The molecule has 2 N–H and O–H groups in total. The van der Waals surface area contributed by atoms with Crippen molar-refractivity contribution >= 4 is 33.5 Å².